The Labute approximate surface area is 89.9 Å². The van der Waals surface area contributed by atoms with Crippen molar-refractivity contribution < 1.29 is 19.1 Å². The molecule has 0 aromatic carbocycles. The van der Waals surface area contributed by atoms with Gasteiger partial charge in [0.05, 0.1) is 24.0 Å². The number of hydrogen-bond donors (Lipinski definition) is 0. The van der Waals surface area contributed by atoms with Gasteiger partial charge in [0.2, 0.25) is 0 Å². The summed E-state index contributed by atoms with van der Waals surface area (Å²) in [6, 6.07) is 0. The molecule has 1 fully saturated rings. The molecule has 0 spiro atoms. The maximum absolute atomic E-state index is 11.4. The first-order valence-electron chi connectivity index (χ1n) is 5.32. The molecule has 4 heteroatoms. The molecule has 0 heterocycles. The van der Waals surface area contributed by atoms with Crippen LogP contribution in [-0.4, -0.2) is 24.1 Å². The summed E-state index contributed by atoms with van der Waals surface area (Å²) < 4.78 is 10.0. The lowest BCUT2D eigenvalue weighted by molar-refractivity contribution is -0.155. The van der Waals surface area contributed by atoms with E-state index in [9.17, 15) is 9.59 Å². The minimum absolute atomic E-state index is 0.125. The molecular weight excluding hydrogens is 196 g/mol. The first kappa shape index (κ1) is 12.0. The third kappa shape index (κ3) is 3.53. The van der Waals surface area contributed by atoms with Gasteiger partial charge < -0.3 is 9.47 Å². The molecule has 15 heavy (non-hydrogen) atoms. The largest absolute Gasteiger partial charge is 0.463 e. The van der Waals surface area contributed by atoms with Gasteiger partial charge in [0, 0.05) is 0 Å². The molecule has 1 saturated carbocycles. The van der Waals surface area contributed by atoms with E-state index < -0.39 is 0 Å². The van der Waals surface area contributed by atoms with Crippen molar-refractivity contribution in [2.24, 2.45) is 11.8 Å². The number of hydrogen-bond acceptors (Lipinski definition) is 4. The maximum atomic E-state index is 11.4. The van der Waals surface area contributed by atoms with E-state index >= 15 is 0 Å². The van der Waals surface area contributed by atoms with Crippen molar-refractivity contribution in [3.05, 3.63) is 0 Å². The standard InChI is InChI=1S/C11H18O4/c1-6(2)14-10(12)8-5-9(8)11(13)15-7(3)4/h6-9H,5H2,1-4H3/t8-,9-/m1/s1. The van der Waals surface area contributed by atoms with E-state index in [0.29, 0.717) is 6.42 Å². The third-order valence-corrected chi connectivity index (χ3v) is 2.10. The molecule has 1 aliphatic carbocycles. The smallest absolute Gasteiger partial charge is 0.310 e. The molecule has 0 amide bonds. The van der Waals surface area contributed by atoms with Gasteiger partial charge >= 0.3 is 11.9 Å². The molecule has 1 aliphatic rings. The lowest BCUT2D eigenvalue weighted by Crippen LogP contribution is -2.18. The van der Waals surface area contributed by atoms with Crippen molar-refractivity contribution in [1.82, 2.24) is 0 Å². The highest BCUT2D eigenvalue weighted by molar-refractivity contribution is 5.87. The zero-order valence-corrected chi connectivity index (χ0v) is 9.65. The van der Waals surface area contributed by atoms with Crippen molar-refractivity contribution in [1.29, 1.82) is 0 Å². The summed E-state index contributed by atoms with van der Waals surface area (Å²) in [5.74, 6) is -1.12. The fourth-order valence-electron chi connectivity index (χ4n) is 1.36. The van der Waals surface area contributed by atoms with Crippen LogP contribution in [0.4, 0.5) is 0 Å². The van der Waals surface area contributed by atoms with Gasteiger partial charge in [-0.05, 0) is 34.1 Å². The Morgan fingerprint density at radius 1 is 0.933 bits per heavy atom. The molecule has 0 aliphatic heterocycles. The molecule has 0 unspecified atom stereocenters. The average Bonchev–Trinajstić information content (AvgIpc) is 2.79. The van der Waals surface area contributed by atoms with Gasteiger partial charge in [0.25, 0.3) is 0 Å². The predicted octanol–water partition coefficient (Wildman–Crippen LogP) is 1.53. The third-order valence-electron chi connectivity index (χ3n) is 2.10. The highest BCUT2D eigenvalue weighted by Gasteiger charge is 2.50. The van der Waals surface area contributed by atoms with Crippen LogP contribution in [0, 0.1) is 11.8 Å². The topological polar surface area (TPSA) is 52.6 Å². The summed E-state index contributed by atoms with van der Waals surface area (Å²) in [7, 11) is 0. The van der Waals surface area contributed by atoms with E-state index in [-0.39, 0.29) is 36.0 Å². The van der Waals surface area contributed by atoms with Crippen LogP contribution >= 0.6 is 0 Å². The molecule has 0 saturated heterocycles. The Kier molecular flexibility index (Phi) is 3.72. The van der Waals surface area contributed by atoms with Gasteiger partial charge in [-0.3, -0.25) is 9.59 Å². The molecule has 0 N–H and O–H groups in total. The molecule has 0 aromatic rings. The number of ether oxygens (including phenoxy) is 2. The first-order chi connectivity index (χ1) is 6.91. The molecule has 86 valence electrons. The van der Waals surface area contributed by atoms with Crippen molar-refractivity contribution in [3.63, 3.8) is 0 Å². The van der Waals surface area contributed by atoms with E-state index in [4.69, 9.17) is 9.47 Å². The number of rotatable bonds is 4. The van der Waals surface area contributed by atoms with E-state index in [0.717, 1.165) is 0 Å². The Morgan fingerprint density at radius 2 is 1.27 bits per heavy atom. The van der Waals surface area contributed by atoms with Gasteiger partial charge in [-0.1, -0.05) is 0 Å². The molecule has 4 nitrogen and oxygen atoms in total. The van der Waals surface area contributed by atoms with Gasteiger partial charge in [0.15, 0.2) is 0 Å². The minimum atomic E-state index is -0.282. The Hall–Kier alpha value is -1.06. The minimum Gasteiger partial charge on any atom is -0.463 e. The monoisotopic (exact) mass is 214 g/mol. The number of carbonyl (C=O) groups excluding carboxylic acids is 2. The summed E-state index contributed by atoms with van der Waals surface area (Å²) in [5.41, 5.74) is 0. The Morgan fingerprint density at radius 3 is 1.53 bits per heavy atom. The van der Waals surface area contributed by atoms with Gasteiger partial charge in [-0.25, -0.2) is 0 Å². The van der Waals surface area contributed by atoms with Gasteiger partial charge in [-0.15, -0.1) is 0 Å². The van der Waals surface area contributed by atoms with E-state index in [1.807, 2.05) is 0 Å². The first-order valence-corrected chi connectivity index (χ1v) is 5.32. The fourth-order valence-corrected chi connectivity index (χ4v) is 1.36. The maximum Gasteiger partial charge on any atom is 0.310 e. The summed E-state index contributed by atoms with van der Waals surface area (Å²) in [6.07, 6.45) is 0.316. The quantitative estimate of drug-likeness (QED) is 0.666. The van der Waals surface area contributed by atoms with Crippen LogP contribution in [0.5, 0.6) is 0 Å². The number of carbonyl (C=O) groups is 2. The molecule has 0 bridgehead atoms. The second kappa shape index (κ2) is 4.64. The molecule has 2 atom stereocenters. The summed E-state index contributed by atoms with van der Waals surface area (Å²) in [4.78, 5) is 22.8. The average molecular weight is 214 g/mol. The molecule has 1 rings (SSSR count). The number of esters is 2. The summed E-state index contributed by atoms with van der Waals surface area (Å²) in [6.45, 7) is 7.17. The van der Waals surface area contributed by atoms with Gasteiger partial charge in [0.1, 0.15) is 0 Å². The van der Waals surface area contributed by atoms with Crippen molar-refractivity contribution in [3.8, 4) is 0 Å². The van der Waals surface area contributed by atoms with Crippen molar-refractivity contribution in [2.45, 2.75) is 46.3 Å². The molecular formula is C11H18O4. The zero-order valence-electron chi connectivity index (χ0n) is 9.65. The van der Waals surface area contributed by atoms with Crippen LogP contribution in [0.1, 0.15) is 34.1 Å². The van der Waals surface area contributed by atoms with E-state index in [2.05, 4.69) is 0 Å². The summed E-state index contributed by atoms with van der Waals surface area (Å²) in [5, 5.41) is 0. The van der Waals surface area contributed by atoms with Crippen molar-refractivity contribution in [2.75, 3.05) is 0 Å². The molecule has 0 radical (unpaired) electrons. The zero-order chi connectivity index (χ0) is 11.6. The van der Waals surface area contributed by atoms with Gasteiger partial charge in [-0.2, -0.15) is 0 Å². The fraction of sp³-hybridized carbons (Fsp3) is 0.818. The van der Waals surface area contributed by atoms with E-state index in [1.165, 1.54) is 0 Å². The highest BCUT2D eigenvalue weighted by Crippen LogP contribution is 2.40. The van der Waals surface area contributed by atoms with Crippen LogP contribution in [0.3, 0.4) is 0 Å². The second-order valence-electron chi connectivity index (χ2n) is 4.42. The lowest BCUT2D eigenvalue weighted by Gasteiger charge is -2.08. The van der Waals surface area contributed by atoms with Crippen LogP contribution < -0.4 is 0 Å². The highest BCUT2D eigenvalue weighted by atomic mass is 16.6. The lowest BCUT2D eigenvalue weighted by atomic mass is 10.3. The van der Waals surface area contributed by atoms with Crippen LogP contribution in [0.25, 0.3) is 0 Å². The second-order valence-corrected chi connectivity index (χ2v) is 4.42. The van der Waals surface area contributed by atoms with Crippen LogP contribution in [0.2, 0.25) is 0 Å². The van der Waals surface area contributed by atoms with E-state index in [1.54, 1.807) is 27.7 Å². The SMILES string of the molecule is CC(C)OC(=O)[C@@H]1C[C@H]1C(=O)OC(C)C. The normalized spacial score (nSPS) is 24.1. The Bertz CT molecular complexity index is 231. The predicted molar refractivity (Wildman–Crippen MR) is 54.1 cm³/mol. The summed E-state index contributed by atoms with van der Waals surface area (Å²) >= 11 is 0. The van der Waals surface area contributed by atoms with Crippen LogP contribution in [0.15, 0.2) is 0 Å². The van der Waals surface area contributed by atoms with Crippen LogP contribution in [-0.2, 0) is 19.1 Å². The Balaban J connectivity index is 2.33. The molecule has 0 aromatic heterocycles. The van der Waals surface area contributed by atoms with Crippen molar-refractivity contribution >= 4 is 11.9 Å².